The summed E-state index contributed by atoms with van der Waals surface area (Å²) < 4.78 is 13.1. The normalized spacial score (nSPS) is 14.4. The van der Waals surface area contributed by atoms with Crippen molar-refractivity contribution < 1.29 is 19.1 Å². The number of amides is 1. The lowest BCUT2D eigenvalue weighted by molar-refractivity contribution is -0.136. The number of carboxylic acid groups (broad SMARTS) is 1. The van der Waals surface area contributed by atoms with Gasteiger partial charge in [-0.05, 0) is 31.0 Å². The van der Waals surface area contributed by atoms with Crippen molar-refractivity contribution in [3.8, 4) is 0 Å². The highest BCUT2D eigenvalue weighted by molar-refractivity contribution is 5.99. The summed E-state index contributed by atoms with van der Waals surface area (Å²) in [6.07, 6.45) is 1.56. The molecule has 1 N–H and O–H groups in total. The van der Waals surface area contributed by atoms with Gasteiger partial charge in [-0.15, -0.1) is 0 Å². The van der Waals surface area contributed by atoms with Crippen LogP contribution in [0.3, 0.4) is 0 Å². The molecule has 0 unspecified atom stereocenters. The molecule has 2 rings (SSSR count). The Bertz CT molecular complexity index is 457. The van der Waals surface area contributed by atoms with Gasteiger partial charge >= 0.3 is 5.97 Å². The molecule has 0 heterocycles. The predicted octanol–water partition coefficient (Wildman–Crippen LogP) is 1.65. The lowest BCUT2D eigenvalue weighted by Gasteiger charge is -2.20. The molecule has 1 amide bonds. The summed E-state index contributed by atoms with van der Waals surface area (Å²) in [5.41, 5.74) is 0.296. The summed E-state index contributed by atoms with van der Waals surface area (Å²) in [7, 11) is 0. The molecular formula is C12H12FNO3. The number of carbonyl (C=O) groups is 2. The number of hydrogen-bond acceptors (Lipinski definition) is 2. The molecule has 0 bridgehead atoms. The zero-order valence-electron chi connectivity index (χ0n) is 9.10. The van der Waals surface area contributed by atoms with E-state index in [-0.39, 0.29) is 11.8 Å². The monoisotopic (exact) mass is 237 g/mol. The quantitative estimate of drug-likeness (QED) is 0.866. The second-order valence-corrected chi connectivity index (χ2v) is 4.07. The fourth-order valence-corrected chi connectivity index (χ4v) is 1.63. The average molecular weight is 237 g/mol. The summed E-state index contributed by atoms with van der Waals surface area (Å²) in [5, 5.41) is 8.78. The van der Waals surface area contributed by atoms with Gasteiger partial charge in [-0.3, -0.25) is 9.59 Å². The van der Waals surface area contributed by atoms with Gasteiger partial charge in [0.25, 0.3) is 0 Å². The Morgan fingerprint density at radius 2 is 2.12 bits per heavy atom. The minimum absolute atomic E-state index is 0.0994. The highest BCUT2D eigenvalue weighted by atomic mass is 19.1. The number of hydrogen-bond donors (Lipinski definition) is 1. The van der Waals surface area contributed by atoms with Gasteiger partial charge in [-0.2, -0.15) is 0 Å². The van der Waals surface area contributed by atoms with Gasteiger partial charge in [-0.25, -0.2) is 4.39 Å². The Labute approximate surface area is 97.7 Å². The maximum Gasteiger partial charge on any atom is 0.323 e. The Hall–Kier alpha value is -1.91. The molecule has 1 fully saturated rings. The highest BCUT2D eigenvalue weighted by Crippen LogP contribution is 2.32. The molecule has 17 heavy (non-hydrogen) atoms. The van der Waals surface area contributed by atoms with Crippen molar-refractivity contribution in [2.45, 2.75) is 12.8 Å². The Morgan fingerprint density at radius 3 is 2.65 bits per heavy atom. The second kappa shape index (κ2) is 4.53. The first kappa shape index (κ1) is 11.6. The first-order valence-electron chi connectivity index (χ1n) is 5.36. The minimum atomic E-state index is -1.11. The van der Waals surface area contributed by atoms with Gasteiger partial charge in [0, 0.05) is 11.6 Å². The van der Waals surface area contributed by atoms with Crippen LogP contribution in [-0.4, -0.2) is 23.5 Å². The highest BCUT2D eigenvalue weighted by Gasteiger charge is 2.34. The van der Waals surface area contributed by atoms with E-state index >= 15 is 0 Å². The maximum atomic E-state index is 13.1. The first-order chi connectivity index (χ1) is 8.08. The van der Waals surface area contributed by atoms with Crippen molar-refractivity contribution in [3.63, 3.8) is 0 Å². The molecule has 1 saturated carbocycles. The first-order valence-corrected chi connectivity index (χ1v) is 5.36. The van der Waals surface area contributed by atoms with Crippen molar-refractivity contribution in [1.29, 1.82) is 0 Å². The zero-order valence-corrected chi connectivity index (χ0v) is 9.10. The van der Waals surface area contributed by atoms with Gasteiger partial charge in [0.1, 0.15) is 12.4 Å². The van der Waals surface area contributed by atoms with E-state index in [4.69, 9.17) is 5.11 Å². The molecule has 0 saturated heterocycles. The molecule has 90 valence electrons. The van der Waals surface area contributed by atoms with Crippen molar-refractivity contribution in [2.24, 2.45) is 5.92 Å². The molecule has 4 nitrogen and oxygen atoms in total. The molecule has 5 heteroatoms. The Kier molecular flexibility index (Phi) is 3.08. The van der Waals surface area contributed by atoms with Crippen molar-refractivity contribution in [1.82, 2.24) is 0 Å². The lowest BCUT2D eigenvalue weighted by Crippen LogP contribution is -2.36. The fraction of sp³-hybridized carbons (Fsp3) is 0.333. The molecular weight excluding hydrogens is 225 g/mol. The summed E-state index contributed by atoms with van der Waals surface area (Å²) in [6, 6.07) is 5.42. The summed E-state index contributed by atoms with van der Waals surface area (Å²) in [4.78, 5) is 23.7. The van der Waals surface area contributed by atoms with E-state index in [9.17, 15) is 14.0 Å². The van der Waals surface area contributed by atoms with Crippen molar-refractivity contribution in [3.05, 3.63) is 30.1 Å². The molecule has 0 aromatic heterocycles. The average Bonchev–Trinajstić information content (AvgIpc) is 3.08. The number of halogens is 1. The number of anilines is 1. The lowest BCUT2D eigenvalue weighted by atomic mass is 10.2. The van der Waals surface area contributed by atoms with Crippen LogP contribution in [0.1, 0.15) is 12.8 Å². The van der Waals surface area contributed by atoms with E-state index < -0.39 is 18.3 Å². The largest absolute Gasteiger partial charge is 0.480 e. The summed E-state index contributed by atoms with van der Waals surface area (Å²) in [5.74, 6) is -1.93. The van der Waals surface area contributed by atoms with Crippen LogP contribution in [0.4, 0.5) is 10.1 Å². The molecule has 1 aliphatic carbocycles. The van der Waals surface area contributed by atoms with Crippen LogP contribution in [0.2, 0.25) is 0 Å². The Morgan fingerprint density at radius 1 is 1.41 bits per heavy atom. The van der Waals surface area contributed by atoms with Crippen molar-refractivity contribution in [2.75, 3.05) is 11.4 Å². The third-order valence-electron chi connectivity index (χ3n) is 2.61. The minimum Gasteiger partial charge on any atom is -0.480 e. The van der Waals surface area contributed by atoms with E-state index in [1.165, 1.54) is 24.3 Å². The van der Waals surface area contributed by atoms with Gasteiger partial charge in [0.15, 0.2) is 0 Å². The second-order valence-electron chi connectivity index (χ2n) is 4.07. The van der Waals surface area contributed by atoms with Crippen LogP contribution < -0.4 is 4.90 Å². The predicted molar refractivity (Wildman–Crippen MR) is 59.1 cm³/mol. The van der Waals surface area contributed by atoms with Crippen LogP contribution >= 0.6 is 0 Å². The van der Waals surface area contributed by atoms with Crippen LogP contribution in [0.5, 0.6) is 0 Å². The SMILES string of the molecule is O=C(O)CN(C(=O)C1CC1)c1cccc(F)c1. The summed E-state index contributed by atoms with van der Waals surface area (Å²) >= 11 is 0. The molecule has 1 aliphatic rings. The fourth-order valence-electron chi connectivity index (χ4n) is 1.63. The van der Waals surface area contributed by atoms with E-state index in [1.807, 2.05) is 0 Å². The molecule has 0 radical (unpaired) electrons. The number of carboxylic acids is 1. The van der Waals surface area contributed by atoms with Gasteiger partial charge in [-0.1, -0.05) is 6.07 Å². The number of rotatable bonds is 4. The standard InChI is InChI=1S/C12H12FNO3/c13-9-2-1-3-10(6-9)14(7-11(15)16)12(17)8-4-5-8/h1-3,6,8H,4-5,7H2,(H,15,16). The van der Waals surface area contributed by atoms with Gasteiger partial charge < -0.3 is 10.0 Å². The molecule has 0 aliphatic heterocycles. The maximum absolute atomic E-state index is 13.1. The van der Waals surface area contributed by atoms with E-state index in [0.717, 1.165) is 17.7 Å². The van der Waals surface area contributed by atoms with Crippen LogP contribution in [0.15, 0.2) is 24.3 Å². The Balaban J connectivity index is 2.25. The van der Waals surface area contributed by atoms with E-state index in [2.05, 4.69) is 0 Å². The van der Waals surface area contributed by atoms with E-state index in [1.54, 1.807) is 0 Å². The van der Waals surface area contributed by atoms with Gasteiger partial charge in [0.05, 0.1) is 0 Å². The smallest absolute Gasteiger partial charge is 0.323 e. The van der Waals surface area contributed by atoms with Gasteiger partial charge in [0.2, 0.25) is 5.91 Å². The van der Waals surface area contributed by atoms with Crippen molar-refractivity contribution >= 4 is 17.6 Å². The molecule has 0 atom stereocenters. The topological polar surface area (TPSA) is 57.6 Å². The van der Waals surface area contributed by atoms with Crippen LogP contribution in [-0.2, 0) is 9.59 Å². The third kappa shape index (κ3) is 2.81. The number of nitrogens with zero attached hydrogens (tertiary/aromatic N) is 1. The number of aliphatic carboxylic acids is 1. The summed E-state index contributed by atoms with van der Waals surface area (Å²) in [6.45, 7) is -0.432. The molecule has 0 spiro atoms. The molecule has 1 aromatic rings. The van der Waals surface area contributed by atoms with Crippen LogP contribution in [0.25, 0.3) is 0 Å². The number of carbonyl (C=O) groups excluding carboxylic acids is 1. The van der Waals surface area contributed by atoms with E-state index in [0.29, 0.717) is 5.69 Å². The van der Waals surface area contributed by atoms with Crippen LogP contribution in [0, 0.1) is 11.7 Å². The molecule has 1 aromatic carbocycles. The number of benzene rings is 1. The third-order valence-corrected chi connectivity index (χ3v) is 2.61. The zero-order chi connectivity index (χ0) is 12.4.